The van der Waals surface area contributed by atoms with Gasteiger partial charge in [0.1, 0.15) is 17.5 Å². The Labute approximate surface area is 190 Å². The zero-order valence-electron chi connectivity index (χ0n) is 18.2. The maximum atomic E-state index is 15.2. The number of rotatable bonds is 7. The minimum absolute atomic E-state index is 0.122. The zero-order chi connectivity index (χ0) is 23.4. The van der Waals surface area contributed by atoms with Crippen molar-refractivity contribution in [1.29, 1.82) is 5.26 Å². The molecule has 33 heavy (non-hydrogen) atoms. The summed E-state index contributed by atoms with van der Waals surface area (Å²) in [7, 11) is 1.54. The van der Waals surface area contributed by atoms with Crippen LogP contribution in [0.4, 0.5) is 13.2 Å². The maximum absolute atomic E-state index is 15.2. The van der Waals surface area contributed by atoms with Crippen molar-refractivity contribution in [3.8, 4) is 17.2 Å². The number of fused-ring (bicyclic) bond motifs is 1. The summed E-state index contributed by atoms with van der Waals surface area (Å²) in [6.45, 7) is 0.376. The number of ether oxygens (including phenoxy) is 1. The summed E-state index contributed by atoms with van der Waals surface area (Å²) >= 11 is 0. The number of methoxy groups -OCH3 is 1. The van der Waals surface area contributed by atoms with Crippen LogP contribution in [-0.4, -0.2) is 13.7 Å². The van der Waals surface area contributed by atoms with Gasteiger partial charge in [0, 0.05) is 12.5 Å². The molecular formula is C28H22F3NO. The molecule has 0 saturated carbocycles. The van der Waals surface area contributed by atoms with E-state index in [4.69, 9.17) is 10.00 Å². The van der Waals surface area contributed by atoms with Crippen LogP contribution in [0.15, 0.2) is 66.7 Å². The van der Waals surface area contributed by atoms with Crippen LogP contribution in [0.2, 0.25) is 0 Å². The standard InChI is InChI=1S/C28H22F3NO/c1-33-13-12-20-14-25(29)27(26(30)15-20)23-10-11-24-22(16-23)9-8-21(28(24)31)7-6-18-2-4-19(17-32)5-3-18/h2-5,8-11,14-16H,6-7,12-13H2,1H3. The van der Waals surface area contributed by atoms with Crippen molar-refractivity contribution in [2.24, 2.45) is 0 Å². The van der Waals surface area contributed by atoms with Gasteiger partial charge in [-0.2, -0.15) is 5.26 Å². The topological polar surface area (TPSA) is 33.0 Å². The van der Waals surface area contributed by atoms with Crippen LogP contribution in [0, 0.1) is 28.8 Å². The van der Waals surface area contributed by atoms with Crippen LogP contribution in [0.25, 0.3) is 21.9 Å². The quantitative estimate of drug-likeness (QED) is 0.315. The molecule has 166 valence electrons. The average molecular weight is 445 g/mol. The van der Waals surface area contributed by atoms with E-state index in [0.29, 0.717) is 58.9 Å². The van der Waals surface area contributed by atoms with Gasteiger partial charge in [-0.05, 0) is 77.2 Å². The molecule has 0 saturated heterocycles. The number of nitrogens with zero attached hydrogens (tertiary/aromatic N) is 1. The number of halogens is 3. The monoisotopic (exact) mass is 445 g/mol. The molecule has 0 fully saturated rings. The largest absolute Gasteiger partial charge is 0.384 e. The second-order valence-electron chi connectivity index (χ2n) is 7.96. The van der Waals surface area contributed by atoms with Crippen LogP contribution in [-0.2, 0) is 24.0 Å². The first kappa shape index (κ1) is 22.6. The lowest BCUT2D eigenvalue weighted by molar-refractivity contribution is 0.202. The molecule has 0 bridgehead atoms. The zero-order valence-corrected chi connectivity index (χ0v) is 18.2. The molecule has 0 aromatic heterocycles. The summed E-state index contributed by atoms with van der Waals surface area (Å²) in [5.41, 5.74) is 2.94. The summed E-state index contributed by atoms with van der Waals surface area (Å²) in [6, 6.07) is 20.2. The minimum Gasteiger partial charge on any atom is -0.384 e. The van der Waals surface area contributed by atoms with E-state index in [9.17, 15) is 8.78 Å². The van der Waals surface area contributed by atoms with Gasteiger partial charge in [-0.25, -0.2) is 13.2 Å². The maximum Gasteiger partial charge on any atom is 0.134 e. The first-order chi connectivity index (χ1) is 16.0. The molecule has 4 aromatic rings. The molecule has 0 N–H and O–H groups in total. The third-order valence-corrected chi connectivity index (χ3v) is 5.79. The fourth-order valence-corrected chi connectivity index (χ4v) is 3.98. The van der Waals surface area contributed by atoms with Gasteiger partial charge in [0.25, 0.3) is 0 Å². The predicted octanol–water partition coefficient (Wildman–Crippen LogP) is 6.77. The first-order valence-electron chi connectivity index (χ1n) is 10.7. The van der Waals surface area contributed by atoms with E-state index < -0.39 is 11.6 Å². The van der Waals surface area contributed by atoms with E-state index in [1.165, 1.54) is 19.2 Å². The van der Waals surface area contributed by atoms with Gasteiger partial charge in [-0.15, -0.1) is 0 Å². The third-order valence-electron chi connectivity index (χ3n) is 5.79. The van der Waals surface area contributed by atoms with E-state index in [1.807, 2.05) is 12.1 Å². The third kappa shape index (κ3) is 4.92. The number of aryl methyl sites for hydroxylation is 2. The van der Waals surface area contributed by atoms with Crippen molar-refractivity contribution in [3.05, 3.63) is 106 Å². The Hall–Kier alpha value is -3.62. The lowest BCUT2D eigenvalue weighted by atomic mass is 9.96. The lowest BCUT2D eigenvalue weighted by Crippen LogP contribution is -1.99. The molecule has 0 atom stereocenters. The fourth-order valence-electron chi connectivity index (χ4n) is 3.98. The van der Waals surface area contributed by atoms with E-state index in [0.717, 1.165) is 5.56 Å². The number of nitriles is 1. The summed E-state index contributed by atoms with van der Waals surface area (Å²) < 4.78 is 49.5. The highest BCUT2D eigenvalue weighted by molar-refractivity contribution is 5.88. The van der Waals surface area contributed by atoms with Crippen LogP contribution in [0.3, 0.4) is 0 Å². The molecule has 0 heterocycles. The van der Waals surface area contributed by atoms with Crippen molar-refractivity contribution in [1.82, 2.24) is 0 Å². The van der Waals surface area contributed by atoms with Gasteiger partial charge in [0.2, 0.25) is 0 Å². The van der Waals surface area contributed by atoms with Gasteiger partial charge in [0.15, 0.2) is 0 Å². The van der Waals surface area contributed by atoms with Gasteiger partial charge < -0.3 is 4.74 Å². The van der Waals surface area contributed by atoms with E-state index in [2.05, 4.69) is 6.07 Å². The van der Waals surface area contributed by atoms with Crippen molar-refractivity contribution in [2.45, 2.75) is 19.3 Å². The Morgan fingerprint density at radius 1 is 0.788 bits per heavy atom. The van der Waals surface area contributed by atoms with Crippen LogP contribution in [0.1, 0.15) is 22.3 Å². The summed E-state index contributed by atoms with van der Waals surface area (Å²) in [5, 5.41) is 9.88. The highest BCUT2D eigenvalue weighted by Crippen LogP contribution is 2.32. The van der Waals surface area contributed by atoms with Gasteiger partial charge >= 0.3 is 0 Å². The SMILES string of the molecule is COCCc1cc(F)c(-c2ccc3c(F)c(CCc4ccc(C#N)cc4)ccc3c2)c(F)c1. The molecule has 0 aliphatic heterocycles. The minimum atomic E-state index is -0.653. The molecule has 2 nitrogen and oxygen atoms in total. The lowest BCUT2D eigenvalue weighted by Gasteiger charge is -2.11. The second kappa shape index (κ2) is 9.89. The molecule has 4 aromatic carbocycles. The van der Waals surface area contributed by atoms with Crippen molar-refractivity contribution >= 4 is 10.8 Å². The van der Waals surface area contributed by atoms with Crippen LogP contribution >= 0.6 is 0 Å². The Kier molecular flexibility index (Phi) is 6.76. The Morgan fingerprint density at radius 3 is 2.18 bits per heavy atom. The second-order valence-corrected chi connectivity index (χ2v) is 7.96. The van der Waals surface area contributed by atoms with Crippen molar-refractivity contribution in [2.75, 3.05) is 13.7 Å². The number of benzene rings is 4. The Morgan fingerprint density at radius 2 is 1.52 bits per heavy atom. The summed E-state index contributed by atoms with van der Waals surface area (Å²) in [4.78, 5) is 0. The first-order valence-corrected chi connectivity index (χ1v) is 10.7. The predicted molar refractivity (Wildman–Crippen MR) is 123 cm³/mol. The Balaban J connectivity index is 1.60. The summed E-state index contributed by atoms with van der Waals surface area (Å²) in [5.74, 6) is -1.64. The summed E-state index contributed by atoms with van der Waals surface area (Å²) in [6.07, 6.45) is 1.55. The molecule has 4 rings (SSSR count). The van der Waals surface area contributed by atoms with Crippen LogP contribution < -0.4 is 0 Å². The number of hydrogen-bond donors (Lipinski definition) is 0. The van der Waals surface area contributed by atoms with E-state index in [-0.39, 0.29) is 11.4 Å². The molecule has 0 amide bonds. The molecule has 0 aliphatic carbocycles. The van der Waals surface area contributed by atoms with Gasteiger partial charge in [0.05, 0.1) is 23.8 Å². The molecule has 0 aliphatic rings. The fraction of sp³-hybridized carbons (Fsp3) is 0.179. The average Bonchev–Trinajstić information content (AvgIpc) is 2.82. The van der Waals surface area contributed by atoms with Crippen LogP contribution in [0.5, 0.6) is 0 Å². The molecule has 5 heteroatoms. The van der Waals surface area contributed by atoms with E-state index in [1.54, 1.807) is 42.5 Å². The number of hydrogen-bond acceptors (Lipinski definition) is 2. The normalized spacial score (nSPS) is 11.0. The Bertz CT molecular complexity index is 1320. The van der Waals surface area contributed by atoms with Crippen molar-refractivity contribution < 1.29 is 17.9 Å². The van der Waals surface area contributed by atoms with E-state index >= 15 is 4.39 Å². The molecule has 0 spiro atoms. The van der Waals surface area contributed by atoms with Gasteiger partial charge in [-0.1, -0.05) is 36.4 Å². The smallest absolute Gasteiger partial charge is 0.134 e. The molecular weight excluding hydrogens is 423 g/mol. The van der Waals surface area contributed by atoms with Crippen molar-refractivity contribution in [3.63, 3.8) is 0 Å². The molecule has 0 unspecified atom stereocenters. The highest BCUT2D eigenvalue weighted by atomic mass is 19.1. The molecule has 0 radical (unpaired) electrons. The highest BCUT2D eigenvalue weighted by Gasteiger charge is 2.15. The van der Waals surface area contributed by atoms with Gasteiger partial charge in [-0.3, -0.25) is 0 Å².